The van der Waals surface area contributed by atoms with Crippen LogP contribution in [0.1, 0.15) is 88.0 Å². The van der Waals surface area contributed by atoms with E-state index in [1.807, 2.05) is 0 Å². The number of rotatable bonds is 50. The number of hydrogen-bond acceptors (Lipinski definition) is 23. The van der Waals surface area contributed by atoms with Crippen molar-refractivity contribution in [3.63, 3.8) is 0 Å². The lowest BCUT2D eigenvalue weighted by atomic mass is 10.00. The molecule has 0 radical (unpaired) electrons. The summed E-state index contributed by atoms with van der Waals surface area (Å²) in [5, 5.41) is 74.3. The Kier molecular flexibility index (Phi) is 40.2. The number of primary amides is 1. The number of aliphatic hydroxyl groups is 3. The molecule has 0 bridgehead atoms. The first-order valence-electron chi connectivity index (χ1n) is 37.2. The average molecular weight is 1640 g/mol. The Balaban J connectivity index is 1.47. The Morgan fingerprint density at radius 1 is 0.409 bits per heavy atom. The number of fused-ring (bicyclic) bond motifs is 1. The van der Waals surface area contributed by atoms with Gasteiger partial charge < -0.3 is 117 Å². The number of aliphatic carboxylic acids is 1. The van der Waals surface area contributed by atoms with E-state index in [0.29, 0.717) is 46.0 Å². The SMILES string of the molecule is C[C@H](N)C(=O)NCC(=O)N[C@@H](CS)C(=O)N[C@@H](CCCCN)C(=O)N[C@@H](CC(N)=O)C(=O)N[C@@H](Cc1ccccc1)C(=O)N[C@H](Cc1ccccc1)C(=O)N[C@@H](Cc1c[nH]c2ccccc12)C(=O)N[C@@H](CCCCN)C(=O)N[C@H](C(=O)N[C@@H](Cc1ccccc1)C(=O)N[C@H](C(=O)N[C@@H](CO)C(=O)N[C@H](CS)C(=O)O)[C@@H](C)O)[C@@H](C)O. The minimum atomic E-state index is -1.91. The number of aromatic nitrogens is 1. The van der Waals surface area contributed by atoms with Crippen LogP contribution in [0.25, 0.3) is 10.9 Å². The summed E-state index contributed by atoms with van der Waals surface area (Å²) in [7, 11) is 0. The summed E-state index contributed by atoms with van der Waals surface area (Å²) in [5.41, 5.74) is 25.4. The lowest BCUT2D eigenvalue weighted by molar-refractivity contribution is -0.142. The van der Waals surface area contributed by atoms with Crippen molar-refractivity contribution in [1.82, 2.24) is 74.1 Å². The number of aliphatic hydroxyl groups excluding tert-OH is 3. The molecule has 0 aliphatic heterocycles. The van der Waals surface area contributed by atoms with Gasteiger partial charge in [-0.1, -0.05) is 109 Å². The smallest absolute Gasteiger partial charge is 0.327 e. The van der Waals surface area contributed by atoms with E-state index >= 15 is 14.4 Å². The second-order valence-electron chi connectivity index (χ2n) is 27.4. The van der Waals surface area contributed by atoms with Crippen LogP contribution in [-0.2, 0) is 97.6 Å². The van der Waals surface area contributed by atoms with Gasteiger partial charge >= 0.3 is 5.97 Å². The summed E-state index contributed by atoms with van der Waals surface area (Å²) in [6, 6.07) is 10.9. The topological polar surface area (TPSA) is 613 Å². The summed E-state index contributed by atoms with van der Waals surface area (Å²) in [5.74, 6) is -16.3. The zero-order valence-electron chi connectivity index (χ0n) is 63.8. The van der Waals surface area contributed by atoms with Crippen molar-refractivity contribution in [2.24, 2.45) is 22.9 Å². The first-order chi connectivity index (χ1) is 54.8. The van der Waals surface area contributed by atoms with Gasteiger partial charge in [0.25, 0.3) is 0 Å². The van der Waals surface area contributed by atoms with Crippen molar-refractivity contribution in [1.29, 1.82) is 0 Å². The summed E-state index contributed by atoms with van der Waals surface area (Å²) in [4.78, 5) is 211. The molecule has 0 fully saturated rings. The molecular formula is C76H106N18O19S2. The largest absolute Gasteiger partial charge is 0.480 e. The molecule has 39 heteroatoms. The van der Waals surface area contributed by atoms with Crippen LogP contribution in [0.4, 0.5) is 0 Å². The minimum Gasteiger partial charge on any atom is -0.480 e. The molecule has 4 aromatic carbocycles. The highest BCUT2D eigenvalue weighted by Crippen LogP contribution is 2.21. The lowest BCUT2D eigenvalue weighted by Gasteiger charge is -2.29. The third-order valence-electron chi connectivity index (χ3n) is 18.1. The van der Waals surface area contributed by atoms with E-state index in [-0.39, 0.29) is 76.0 Å². The molecule has 0 aliphatic carbocycles. The van der Waals surface area contributed by atoms with Gasteiger partial charge in [0.15, 0.2) is 0 Å². The van der Waals surface area contributed by atoms with Gasteiger partial charge in [-0.05, 0) is 101 Å². The number of carboxylic acids is 1. The monoisotopic (exact) mass is 1640 g/mol. The molecule has 0 saturated carbocycles. The maximum absolute atomic E-state index is 15.4. The predicted octanol–water partition coefficient (Wildman–Crippen LogP) is -5.45. The average Bonchev–Trinajstić information content (AvgIpc) is 1.73. The van der Waals surface area contributed by atoms with E-state index in [4.69, 9.17) is 22.9 Å². The van der Waals surface area contributed by atoms with Crippen LogP contribution in [0, 0.1) is 0 Å². The number of unbranched alkanes of at least 4 members (excludes halogenated alkanes) is 2. The summed E-state index contributed by atoms with van der Waals surface area (Å²) in [6.07, 6.45) is -2.99. The van der Waals surface area contributed by atoms with E-state index < -0.39 is 199 Å². The van der Waals surface area contributed by atoms with Crippen LogP contribution >= 0.6 is 25.3 Å². The number of thiol groups is 2. The van der Waals surface area contributed by atoms with Crippen LogP contribution in [0.2, 0.25) is 0 Å². The fourth-order valence-electron chi connectivity index (χ4n) is 11.7. The number of para-hydroxylation sites is 1. The predicted molar refractivity (Wildman–Crippen MR) is 428 cm³/mol. The van der Waals surface area contributed by atoms with Gasteiger partial charge in [0.05, 0.1) is 37.8 Å². The molecule has 26 N–H and O–H groups in total. The fourth-order valence-corrected chi connectivity index (χ4v) is 12.2. The van der Waals surface area contributed by atoms with Crippen molar-refractivity contribution < 1.29 is 92.3 Å². The first-order valence-corrected chi connectivity index (χ1v) is 38.5. The van der Waals surface area contributed by atoms with Gasteiger partial charge in [0, 0.05) is 54.3 Å². The highest BCUT2D eigenvalue weighted by Gasteiger charge is 2.39. The quantitative estimate of drug-likeness (QED) is 0.0128. The normalized spacial score (nSPS) is 15.1. The zero-order valence-corrected chi connectivity index (χ0v) is 65.6. The van der Waals surface area contributed by atoms with Crippen molar-refractivity contribution in [2.45, 2.75) is 182 Å². The first kappa shape index (κ1) is 94.5. The third-order valence-corrected chi connectivity index (χ3v) is 18.8. The number of hydrogen-bond donors (Lipinski definition) is 24. The summed E-state index contributed by atoms with van der Waals surface area (Å²) < 4.78 is 0. The van der Waals surface area contributed by atoms with E-state index in [1.54, 1.807) is 121 Å². The minimum absolute atomic E-state index is 0.0772. The Morgan fingerprint density at radius 2 is 0.757 bits per heavy atom. The van der Waals surface area contributed by atoms with Gasteiger partial charge in [-0.25, -0.2) is 4.79 Å². The molecule has 0 unspecified atom stereocenters. The molecular weight excluding hydrogens is 1530 g/mol. The molecule has 1 aromatic heterocycles. The summed E-state index contributed by atoms with van der Waals surface area (Å²) in [6.45, 7) is 2.34. The molecule has 0 spiro atoms. The Hall–Kier alpha value is -11.1. The number of nitrogens with two attached hydrogens (primary N) is 4. The lowest BCUT2D eigenvalue weighted by Crippen LogP contribution is -2.63. The van der Waals surface area contributed by atoms with Gasteiger partial charge in [-0.2, -0.15) is 25.3 Å². The van der Waals surface area contributed by atoms with E-state index in [0.717, 1.165) is 13.8 Å². The van der Waals surface area contributed by atoms with Crippen LogP contribution in [0.3, 0.4) is 0 Å². The molecule has 626 valence electrons. The number of carbonyl (C=O) groups is 15. The van der Waals surface area contributed by atoms with Gasteiger partial charge in [-0.15, -0.1) is 0 Å². The summed E-state index contributed by atoms with van der Waals surface area (Å²) >= 11 is 8.09. The maximum Gasteiger partial charge on any atom is 0.327 e. The number of carbonyl (C=O) groups excluding carboxylic acids is 14. The molecule has 37 nitrogen and oxygen atoms in total. The molecule has 14 amide bonds. The molecule has 0 aliphatic rings. The number of amides is 14. The van der Waals surface area contributed by atoms with Crippen LogP contribution in [0.15, 0.2) is 121 Å². The highest BCUT2D eigenvalue weighted by molar-refractivity contribution is 7.80. The third kappa shape index (κ3) is 31.7. The zero-order chi connectivity index (χ0) is 84.8. The molecule has 5 rings (SSSR count). The Bertz CT molecular complexity index is 4090. The number of carboxylic acid groups (broad SMARTS) is 1. The Morgan fingerprint density at radius 3 is 1.17 bits per heavy atom. The molecule has 115 heavy (non-hydrogen) atoms. The van der Waals surface area contributed by atoms with Crippen LogP contribution in [0.5, 0.6) is 0 Å². The van der Waals surface area contributed by atoms with E-state index in [9.17, 15) is 78.0 Å². The highest BCUT2D eigenvalue weighted by atomic mass is 32.1. The fraction of sp³-hybridized carbons (Fsp3) is 0.461. The van der Waals surface area contributed by atoms with Crippen molar-refractivity contribution in [3.05, 3.63) is 144 Å². The van der Waals surface area contributed by atoms with E-state index in [2.05, 4.69) is 99.4 Å². The van der Waals surface area contributed by atoms with Crippen LogP contribution < -0.4 is 92.1 Å². The van der Waals surface area contributed by atoms with Crippen molar-refractivity contribution in [3.8, 4) is 0 Å². The molecule has 1 heterocycles. The number of aromatic amines is 1. The standard InChI is InChI=1S/C76H106N18O19S2/c1-41(79)64(100)82-37-61(99)83-58(39-114)73(109)85-50(27-15-17-29-77)65(101)89-56(35-60(80)98)70(106)87-52(31-44-19-7-4-8-20-44)67(103)86-53(32-45-21-9-5-10-22-45)68(104)88-55(34-47-36-81-49-26-14-13-25-48(47)49)69(105)84-51(28-16-18-30-78)66(102)93-62(42(2)96)74(110)90-54(33-46-23-11-6-12-24-46)71(107)94-63(43(3)97)75(111)91-57(38-95)72(108)92-59(40-115)76(112)113/h4-14,19-26,36,41-43,50-59,62-63,81,95-97,114-115H,15-18,27-35,37-40,77-79H2,1-3H3,(H2,80,98)(H,82,100)(H,83,99)(H,84,105)(H,85,109)(H,86,103)(H,87,106)(H,88,104)(H,89,101)(H,90,110)(H,91,111)(H,92,108)(H,93,102)(H,94,107)(H,112,113)/t41-,42+,43+,50-,51-,52-,53+,54-,55-,56-,57-,58-,59+,62-,63-/m0/s1. The van der Waals surface area contributed by atoms with Gasteiger partial charge in [0.2, 0.25) is 82.7 Å². The Labute approximate surface area is 674 Å². The second kappa shape index (κ2) is 48.9. The number of H-pyrrole nitrogens is 1. The number of benzene rings is 4. The van der Waals surface area contributed by atoms with Gasteiger partial charge in [-0.3, -0.25) is 67.1 Å². The van der Waals surface area contributed by atoms with Crippen molar-refractivity contribution in [2.75, 3.05) is 37.7 Å². The maximum atomic E-state index is 15.4. The molecule has 5 aromatic rings. The van der Waals surface area contributed by atoms with Gasteiger partial charge in [0.1, 0.15) is 72.5 Å². The van der Waals surface area contributed by atoms with E-state index in [1.165, 1.54) is 6.92 Å². The number of nitrogens with one attached hydrogen (secondary N) is 14. The van der Waals surface area contributed by atoms with Crippen LogP contribution in [-0.4, -0.2) is 243 Å². The molecule has 15 atom stereocenters. The molecule has 0 saturated heterocycles. The second-order valence-corrected chi connectivity index (χ2v) is 28.1. The van der Waals surface area contributed by atoms with Crippen molar-refractivity contribution >= 4 is 125 Å².